The summed E-state index contributed by atoms with van der Waals surface area (Å²) >= 11 is 0. The molecule has 0 spiro atoms. The number of halogens is 1. The van der Waals surface area contributed by atoms with E-state index in [4.69, 9.17) is 23.7 Å². The minimum Gasteiger partial charge on any atom is -0.459 e. The first kappa shape index (κ1) is 30.8. The van der Waals surface area contributed by atoms with Crippen LogP contribution in [0.25, 0.3) is 0 Å². The molecule has 14 nitrogen and oxygen atoms in total. The number of hydrogen-bond acceptors (Lipinski definition) is 14. The van der Waals surface area contributed by atoms with Crippen molar-refractivity contribution in [3.8, 4) is 0 Å². The Morgan fingerprint density at radius 2 is 1.31 bits per heavy atom. The van der Waals surface area contributed by atoms with Gasteiger partial charge < -0.3 is 28.8 Å². The molecule has 15 heteroatoms. The van der Waals surface area contributed by atoms with E-state index in [-0.39, 0.29) is 16.7 Å². The standard InChI is InChI=1S/C30H23FN4O10/c31-25-21(8-4-12-35-25)29(39)43-23-22(16-41-26(36)18-5-1-9-32-13-18)45-30(40,17-42-27(37)19-6-2-10-33-14-19)24(23)44-28(38)20-7-3-11-34-15-20/h1-15,22-24,40H,16-17H2. The Hall–Kier alpha value is -5.67. The van der Waals surface area contributed by atoms with Crippen LogP contribution in [0.2, 0.25) is 0 Å². The summed E-state index contributed by atoms with van der Waals surface area (Å²) in [6, 6.07) is 11.0. The number of nitrogens with zero attached hydrogens (tertiary/aromatic N) is 4. The van der Waals surface area contributed by atoms with Crippen molar-refractivity contribution in [2.24, 2.45) is 0 Å². The summed E-state index contributed by atoms with van der Waals surface area (Å²) in [5, 5.41) is 11.7. The fourth-order valence-corrected chi connectivity index (χ4v) is 4.24. The third-order valence-corrected chi connectivity index (χ3v) is 6.40. The van der Waals surface area contributed by atoms with E-state index in [1.165, 1.54) is 79.6 Å². The predicted molar refractivity (Wildman–Crippen MR) is 146 cm³/mol. The van der Waals surface area contributed by atoms with Gasteiger partial charge in [0.25, 0.3) is 0 Å². The van der Waals surface area contributed by atoms with E-state index < -0.39 is 72.7 Å². The van der Waals surface area contributed by atoms with Crippen LogP contribution in [0.5, 0.6) is 0 Å². The first-order chi connectivity index (χ1) is 21.7. The zero-order chi connectivity index (χ0) is 31.8. The molecule has 0 radical (unpaired) electrons. The Morgan fingerprint density at radius 1 is 0.756 bits per heavy atom. The summed E-state index contributed by atoms with van der Waals surface area (Å²) in [5.41, 5.74) is -0.539. The average Bonchev–Trinajstić information content (AvgIpc) is 3.33. The molecule has 4 aromatic heterocycles. The summed E-state index contributed by atoms with van der Waals surface area (Å²) in [4.78, 5) is 66.5. The largest absolute Gasteiger partial charge is 0.459 e. The highest BCUT2D eigenvalue weighted by Gasteiger charge is 2.60. The topological polar surface area (TPSA) is 186 Å². The predicted octanol–water partition coefficient (Wildman–Crippen LogP) is 1.96. The van der Waals surface area contributed by atoms with Crippen molar-refractivity contribution in [3.05, 3.63) is 120 Å². The molecule has 4 aromatic rings. The van der Waals surface area contributed by atoms with Crippen LogP contribution in [0.1, 0.15) is 41.4 Å². The molecule has 1 aliphatic rings. The Morgan fingerprint density at radius 3 is 1.87 bits per heavy atom. The highest BCUT2D eigenvalue weighted by molar-refractivity contribution is 5.91. The maximum atomic E-state index is 14.4. The molecule has 0 aliphatic carbocycles. The third kappa shape index (κ3) is 7.29. The van der Waals surface area contributed by atoms with Crippen LogP contribution in [0.15, 0.2) is 91.9 Å². The Bertz CT molecular complexity index is 1670. The van der Waals surface area contributed by atoms with Crippen molar-refractivity contribution in [2.45, 2.75) is 24.1 Å². The van der Waals surface area contributed by atoms with Crippen molar-refractivity contribution in [1.29, 1.82) is 0 Å². The maximum Gasteiger partial charge on any atom is 0.343 e. The molecule has 0 bridgehead atoms. The molecule has 1 fully saturated rings. The molecule has 5 rings (SSSR count). The van der Waals surface area contributed by atoms with Gasteiger partial charge in [0.05, 0.1) is 16.7 Å². The fourth-order valence-electron chi connectivity index (χ4n) is 4.24. The van der Waals surface area contributed by atoms with Gasteiger partial charge in [-0.15, -0.1) is 0 Å². The number of aromatic nitrogens is 4. The van der Waals surface area contributed by atoms with Crippen molar-refractivity contribution in [1.82, 2.24) is 19.9 Å². The number of carbonyl (C=O) groups excluding carboxylic acids is 4. The molecule has 1 N–H and O–H groups in total. The van der Waals surface area contributed by atoms with Crippen LogP contribution in [0.4, 0.5) is 4.39 Å². The molecule has 4 unspecified atom stereocenters. The Labute approximate surface area is 253 Å². The van der Waals surface area contributed by atoms with Crippen LogP contribution in [-0.2, 0) is 23.7 Å². The molecule has 45 heavy (non-hydrogen) atoms. The second-order valence-electron chi connectivity index (χ2n) is 9.44. The number of rotatable bonds is 10. The fraction of sp³-hybridized carbons (Fsp3) is 0.200. The number of esters is 4. The molecule has 1 aliphatic heterocycles. The van der Waals surface area contributed by atoms with E-state index in [0.29, 0.717) is 0 Å². The second kappa shape index (κ2) is 13.7. The highest BCUT2D eigenvalue weighted by atomic mass is 19.1. The Kier molecular flexibility index (Phi) is 9.40. The van der Waals surface area contributed by atoms with E-state index in [9.17, 15) is 28.7 Å². The third-order valence-electron chi connectivity index (χ3n) is 6.40. The van der Waals surface area contributed by atoms with Gasteiger partial charge in [-0.2, -0.15) is 4.39 Å². The monoisotopic (exact) mass is 618 g/mol. The van der Waals surface area contributed by atoms with Gasteiger partial charge in [-0.05, 0) is 48.5 Å². The van der Waals surface area contributed by atoms with Crippen LogP contribution in [0, 0.1) is 5.95 Å². The average molecular weight is 619 g/mol. The smallest absolute Gasteiger partial charge is 0.343 e. The minimum absolute atomic E-state index is 0.0278. The number of hydrogen-bond donors (Lipinski definition) is 1. The first-order valence-corrected chi connectivity index (χ1v) is 13.2. The molecule has 4 atom stereocenters. The van der Waals surface area contributed by atoms with Crippen LogP contribution in [0.3, 0.4) is 0 Å². The summed E-state index contributed by atoms with van der Waals surface area (Å²) < 4.78 is 41.8. The maximum absolute atomic E-state index is 14.4. The first-order valence-electron chi connectivity index (χ1n) is 13.2. The Balaban J connectivity index is 1.46. The van der Waals surface area contributed by atoms with Gasteiger partial charge in [0.15, 0.2) is 12.2 Å². The van der Waals surface area contributed by atoms with E-state index in [1.54, 1.807) is 0 Å². The van der Waals surface area contributed by atoms with Gasteiger partial charge in [0.1, 0.15) is 24.9 Å². The van der Waals surface area contributed by atoms with E-state index >= 15 is 0 Å². The van der Waals surface area contributed by atoms with Crippen LogP contribution in [-0.4, -0.2) is 86.2 Å². The van der Waals surface area contributed by atoms with Crippen LogP contribution < -0.4 is 0 Å². The molecule has 230 valence electrons. The summed E-state index contributed by atoms with van der Waals surface area (Å²) in [6.07, 6.45) is 3.87. The molecular formula is C30H23FN4O10. The SMILES string of the molecule is O=C(OCC1OC(O)(COC(=O)c2cccnc2)C(OC(=O)c2cccnc2)C1OC(=O)c1cccnc1F)c1cccnc1. The molecule has 0 aromatic carbocycles. The summed E-state index contributed by atoms with van der Waals surface area (Å²) in [7, 11) is 0. The molecular weight excluding hydrogens is 595 g/mol. The number of pyridine rings is 4. The van der Waals surface area contributed by atoms with Gasteiger partial charge in [-0.25, -0.2) is 24.2 Å². The molecule has 5 heterocycles. The second-order valence-corrected chi connectivity index (χ2v) is 9.44. The van der Waals surface area contributed by atoms with Gasteiger partial charge in [0, 0.05) is 43.4 Å². The lowest BCUT2D eigenvalue weighted by Crippen LogP contribution is -2.51. The number of ether oxygens (including phenoxy) is 5. The molecule has 1 saturated heterocycles. The van der Waals surface area contributed by atoms with Crippen molar-refractivity contribution in [3.63, 3.8) is 0 Å². The van der Waals surface area contributed by atoms with Crippen molar-refractivity contribution >= 4 is 23.9 Å². The van der Waals surface area contributed by atoms with Gasteiger partial charge in [-0.1, -0.05) is 0 Å². The minimum atomic E-state index is -2.67. The lowest BCUT2D eigenvalue weighted by atomic mass is 10.0. The zero-order valence-corrected chi connectivity index (χ0v) is 23.1. The lowest BCUT2D eigenvalue weighted by Gasteiger charge is -2.29. The summed E-state index contributed by atoms with van der Waals surface area (Å²) in [5.74, 6) is -7.90. The lowest BCUT2D eigenvalue weighted by molar-refractivity contribution is -0.247. The zero-order valence-electron chi connectivity index (χ0n) is 23.1. The van der Waals surface area contributed by atoms with Gasteiger partial charge in [-0.3, -0.25) is 15.0 Å². The van der Waals surface area contributed by atoms with Crippen molar-refractivity contribution < 1.29 is 52.4 Å². The highest BCUT2D eigenvalue weighted by Crippen LogP contribution is 2.36. The van der Waals surface area contributed by atoms with Gasteiger partial charge >= 0.3 is 23.9 Å². The molecule has 0 saturated carbocycles. The number of aliphatic hydroxyl groups is 1. The van der Waals surface area contributed by atoms with E-state index in [0.717, 1.165) is 12.3 Å². The quantitative estimate of drug-likeness (QED) is 0.154. The van der Waals surface area contributed by atoms with E-state index in [1.807, 2.05) is 0 Å². The van der Waals surface area contributed by atoms with Crippen molar-refractivity contribution in [2.75, 3.05) is 13.2 Å². The number of carbonyl (C=O) groups is 4. The van der Waals surface area contributed by atoms with E-state index in [2.05, 4.69) is 19.9 Å². The normalized spacial score (nSPS) is 20.5. The van der Waals surface area contributed by atoms with Crippen LogP contribution >= 0.6 is 0 Å². The van der Waals surface area contributed by atoms with Gasteiger partial charge in [0.2, 0.25) is 11.7 Å². The molecule has 0 amide bonds. The summed E-state index contributed by atoms with van der Waals surface area (Å²) in [6.45, 7) is -1.62.